The van der Waals surface area contributed by atoms with E-state index in [1.54, 1.807) is 48.5 Å². The number of aliphatic imine (C=N–C) groups is 1. The van der Waals surface area contributed by atoms with Crippen LogP contribution in [0.5, 0.6) is 0 Å². The molecule has 2 aromatic carbocycles. The lowest BCUT2D eigenvalue weighted by Gasteiger charge is -2.30. The molecule has 0 saturated carbocycles. The molecular formula is C19H15BrN4O3S. The minimum atomic E-state index is -1.11. The molecule has 1 saturated heterocycles. The highest BCUT2D eigenvalue weighted by Crippen LogP contribution is 2.23. The van der Waals surface area contributed by atoms with Gasteiger partial charge in [0.2, 0.25) is 11.8 Å². The molecule has 142 valence electrons. The summed E-state index contributed by atoms with van der Waals surface area (Å²) in [7, 11) is 0. The molecule has 1 aliphatic heterocycles. The zero-order chi connectivity index (χ0) is 20.3. The monoisotopic (exact) mass is 458 g/mol. The minimum absolute atomic E-state index is 0.0293. The molecule has 0 unspecified atom stereocenters. The summed E-state index contributed by atoms with van der Waals surface area (Å²) < 4.78 is 0.858. The van der Waals surface area contributed by atoms with Crippen molar-refractivity contribution < 1.29 is 14.4 Å². The smallest absolute Gasteiger partial charge is 0.251 e. The lowest BCUT2D eigenvalue weighted by Crippen LogP contribution is -2.58. The number of anilines is 2. The van der Waals surface area contributed by atoms with Gasteiger partial charge in [0.25, 0.3) is 5.91 Å². The zero-order valence-electron chi connectivity index (χ0n) is 14.7. The van der Waals surface area contributed by atoms with E-state index >= 15 is 0 Å². The van der Waals surface area contributed by atoms with Gasteiger partial charge in [-0.15, -0.1) is 0 Å². The molecule has 0 radical (unpaired) electrons. The fourth-order valence-electron chi connectivity index (χ4n) is 2.55. The third-order valence-electron chi connectivity index (χ3n) is 3.85. The highest BCUT2D eigenvalue weighted by atomic mass is 79.9. The third kappa shape index (κ3) is 4.49. The largest absolute Gasteiger partial charge is 0.326 e. The number of carbonyl (C=O) groups is 3. The Morgan fingerprint density at radius 3 is 2.43 bits per heavy atom. The molecule has 0 spiro atoms. The molecule has 3 amide bonds. The number of hydrogen-bond acceptors (Lipinski definition) is 5. The SMILES string of the molecule is CC(=O)Nc1ccc(N=C[C@H]2C(=O)NC(=S)N(c3ccc(Br)cc3)C2=O)cc1. The standard InChI is InChI=1S/C19H15BrN4O3S/c1-11(25)22-14-6-4-13(5-7-14)21-10-16-17(26)23-19(28)24(18(16)27)15-8-2-12(20)3-9-15/h2-10,16H,1H3,(H,22,25)(H,23,26,28)/t16-/m0/s1. The van der Waals surface area contributed by atoms with Crippen LogP contribution in [0.15, 0.2) is 58.0 Å². The first kappa shape index (κ1) is 19.8. The first-order valence-electron chi connectivity index (χ1n) is 8.21. The fourth-order valence-corrected chi connectivity index (χ4v) is 3.11. The van der Waals surface area contributed by atoms with E-state index in [4.69, 9.17) is 12.2 Å². The van der Waals surface area contributed by atoms with Crippen molar-refractivity contribution in [2.75, 3.05) is 10.2 Å². The Morgan fingerprint density at radius 2 is 1.82 bits per heavy atom. The van der Waals surface area contributed by atoms with Crippen molar-refractivity contribution in [2.45, 2.75) is 6.92 Å². The Hall–Kier alpha value is -2.91. The normalized spacial score (nSPS) is 17.0. The van der Waals surface area contributed by atoms with Gasteiger partial charge in [0.15, 0.2) is 11.0 Å². The molecule has 2 N–H and O–H groups in total. The molecule has 0 aromatic heterocycles. The topological polar surface area (TPSA) is 90.9 Å². The van der Waals surface area contributed by atoms with Crippen LogP contribution in [0.3, 0.4) is 0 Å². The number of nitrogens with one attached hydrogen (secondary N) is 2. The van der Waals surface area contributed by atoms with Crippen LogP contribution in [0.2, 0.25) is 0 Å². The first-order chi connectivity index (χ1) is 13.3. The second-order valence-electron chi connectivity index (χ2n) is 5.93. The summed E-state index contributed by atoms with van der Waals surface area (Å²) in [6.45, 7) is 1.42. The number of amides is 3. The van der Waals surface area contributed by atoms with Crippen molar-refractivity contribution >= 4 is 74.3 Å². The lowest BCUT2D eigenvalue weighted by atomic mass is 10.1. The lowest BCUT2D eigenvalue weighted by molar-refractivity contribution is -0.130. The summed E-state index contributed by atoms with van der Waals surface area (Å²) in [6.07, 6.45) is 1.29. The van der Waals surface area contributed by atoms with E-state index in [1.807, 2.05) is 0 Å². The molecule has 1 heterocycles. The van der Waals surface area contributed by atoms with Gasteiger partial charge in [-0.25, -0.2) is 0 Å². The number of benzene rings is 2. The van der Waals surface area contributed by atoms with Crippen LogP contribution < -0.4 is 15.5 Å². The van der Waals surface area contributed by atoms with Crippen LogP contribution >= 0.6 is 28.1 Å². The maximum atomic E-state index is 12.9. The molecule has 28 heavy (non-hydrogen) atoms. The van der Waals surface area contributed by atoms with E-state index in [1.165, 1.54) is 18.0 Å². The molecule has 1 fully saturated rings. The first-order valence-corrected chi connectivity index (χ1v) is 9.41. The van der Waals surface area contributed by atoms with Crippen LogP contribution in [-0.4, -0.2) is 29.0 Å². The summed E-state index contributed by atoms with van der Waals surface area (Å²) >= 11 is 8.50. The van der Waals surface area contributed by atoms with Crippen molar-refractivity contribution in [1.29, 1.82) is 0 Å². The Morgan fingerprint density at radius 1 is 1.18 bits per heavy atom. The summed E-state index contributed by atoms with van der Waals surface area (Å²) in [5.41, 5.74) is 1.72. The second kappa shape index (κ2) is 8.41. The van der Waals surface area contributed by atoms with E-state index in [2.05, 4.69) is 31.6 Å². The molecule has 3 rings (SSSR count). The second-order valence-corrected chi connectivity index (χ2v) is 7.23. The number of halogens is 1. The third-order valence-corrected chi connectivity index (χ3v) is 4.66. The molecule has 7 nitrogen and oxygen atoms in total. The fraction of sp³-hybridized carbons (Fsp3) is 0.105. The van der Waals surface area contributed by atoms with Gasteiger partial charge >= 0.3 is 0 Å². The molecular weight excluding hydrogens is 444 g/mol. The van der Waals surface area contributed by atoms with Gasteiger partial charge in [0, 0.05) is 23.3 Å². The van der Waals surface area contributed by atoms with Gasteiger partial charge in [-0.05, 0) is 60.7 Å². The van der Waals surface area contributed by atoms with Crippen LogP contribution in [0.25, 0.3) is 0 Å². The summed E-state index contributed by atoms with van der Waals surface area (Å²) in [6, 6.07) is 13.7. The Balaban J connectivity index is 1.80. The van der Waals surface area contributed by atoms with E-state index in [0.717, 1.165) is 4.47 Å². The number of thiocarbonyl (C=S) groups is 1. The average molecular weight is 459 g/mol. The molecule has 9 heteroatoms. The number of hydrogen-bond donors (Lipinski definition) is 2. The Kier molecular flexibility index (Phi) is 5.96. The van der Waals surface area contributed by atoms with Gasteiger partial charge in [-0.1, -0.05) is 15.9 Å². The van der Waals surface area contributed by atoms with Crippen molar-refractivity contribution in [3.05, 3.63) is 53.0 Å². The number of nitrogens with zero attached hydrogens (tertiary/aromatic N) is 2. The van der Waals surface area contributed by atoms with E-state index in [9.17, 15) is 14.4 Å². The minimum Gasteiger partial charge on any atom is -0.326 e. The summed E-state index contributed by atoms with van der Waals surface area (Å²) in [5.74, 6) is -2.29. The predicted molar refractivity (Wildman–Crippen MR) is 115 cm³/mol. The highest BCUT2D eigenvalue weighted by molar-refractivity contribution is 9.10. The number of rotatable bonds is 4. The van der Waals surface area contributed by atoms with Crippen LogP contribution in [0.4, 0.5) is 17.1 Å². The number of carbonyl (C=O) groups excluding carboxylic acids is 3. The maximum absolute atomic E-state index is 12.9. The van der Waals surface area contributed by atoms with Crippen LogP contribution in [-0.2, 0) is 14.4 Å². The molecule has 0 aliphatic carbocycles. The van der Waals surface area contributed by atoms with Gasteiger partial charge < -0.3 is 10.6 Å². The summed E-state index contributed by atoms with van der Waals surface area (Å²) in [4.78, 5) is 41.7. The molecule has 0 bridgehead atoms. The quantitative estimate of drug-likeness (QED) is 0.418. The van der Waals surface area contributed by atoms with E-state index in [0.29, 0.717) is 17.1 Å². The average Bonchev–Trinajstić information content (AvgIpc) is 2.63. The van der Waals surface area contributed by atoms with Gasteiger partial charge in [0.05, 0.1) is 11.4 Å². The summed E-state index contributed by atoms with van der Waals surface area (Å²) in [5, 5.41) is 5.22. The zero-order valence-corrected chi connectivity index (χ0v) is 17.1. The highest BCUT2D eigenvalue weighted by Gasteiger charge is 2.38. The predicted octanol–water partition coefficient (Wildman–Crippen LogP) is 3.17. The van der Waals surface area contributed by atoms with E-state index < -0.39 is 17.7 Å². The van der Waals surface area contributed by atoms with Gasteiger partial charge in [-0.2, -0.15) is 0 Å². The van der Waals surface area contributed by atoms with Gasteiger partial charge in [0.1, 0.15) is 0 Å². The van der Waals surface area contributed by atoms with E-state index in [-0.39, 0.29) is 11.0 Å². The van der Waals surface area contributed by atoms with Crippen LogP contribution in [0, 0.1) is 5.92 Å². The van der Waals surface area contributed by atoms with Crippen molar-refractivity contribution in [2.24, 2.45) is 10.9 Å². The molecule has 1 aliphatic rings. The molecule has 1 atom stereocenters. The van der Waals surface area contributed by atoms with Crippen molar-refractivity contribution in [3.63, 3.8) is 0 Å². The maximum Gasteiger partial charge on any atom is 0.251 e. The van der Waals surface area contributed by atoms with Crippen molar-refractivity contribution in [3.8, 4) is 0 Å². The van der Waals surface area contributed by atoms with Crippen LogP contribution in [0.1, 0.15) is 6.92 Å². The van der Waals surface area contributed by atoms with Crippen molar-refractivity contribution in [1.82, 2.24) is 5.32 Å². The Labute approximate surface area is 175 Å². The van der Waals surface area contributed by atoms with Gasteiger partial charge in [-0.3, -0.25) is 24.3 Å². The molecule has 2 aromatic rings. The Bertz CT molecular complexity index is 974.